The number of carbonyl (C=O) groups is 10. The van der Waals surface area contributed by atoms with Crippen molar-refractivity contribution in [2.75, 3.05) is 53.2 Å². The van der Waals surface area contributed by atoms with Crippen LogP contribution in [-0.2, 0) is 152 Å². The van der Waals surface area contributed by atoms with Gasteiger partial charge in [0.15, 0.2) is 31.0 Å². The van der Waals surface area contributed by atoms with Gasteiger partial charge in [0, 0.05) is 37.5 Å². The van der Waals surface area contributed by atoms with E-state index >= 15 is 0 Å². The van der Waals surface area contributed by atoms with E-state index in [2.05, 4.69) is 55.4 Å². The highest BCUT2D eigenvalue weighted by Crippen LogP contribution is 2.66. The average Bonchev–Trinajstić information content (AvgIpc) is 1.68. The summed E-state index contributed by atoms with van der Waals surface area (Å²) < 4.78 is 137. The topological polar surface area (TPSA) is 430 Å². The van der Waals surface area contributed by atoms with Gasteiger partial charge in [0.05, 0.1) is 112 Å². The molecule has 0 amide bonds. The zero-order valence-corrected chi connectivity index (χ0v) is 95.9. The van der Waals surface area contributed by atoms with E-state index < -0.39 is 121 Å². The fraction of sp³-hybridized carbons (Fsp3) is 0.912. The molecule has 12 bridgehead atoms. The fourth-order valence-electron chi connectivity index (χ4n) is 26.6. The van der Waals surface area contributed by atoms with Gasteiger partial charge in [0.2, 0.25) is 6.10 Å². The predicted molar refractivity (Wildman–Crippen MR) is 544 cm³/mol. The van der Waals surface area contributed by atoms with Gasteiger partial charge in [-0.15, -0.1) is 0 Å². The van der Waals surface area contributed by atoms with Crippen LogP contribution in [0.25, 0.3) is 0 Å². The highest BCUT2D eigenvalue weighted by molar-refractivity contribution is 7.87. The normalized spacial score (nSPS) is 37.9. The first-order valence-corrected chi connectivity index (χ1v) is 57.6. The average molecular weight is 2130 g/mol. The van der Waals surface area contributed by atoms with E-state index in [0.717, 1.165) is 63.7 Å². The maximum atomic E-state index is 12.4. The van der Waals surface area contributed by atoms with Crippen LogP contribution in [-0.4, -0.2) is 263 Å². The fourth-order valence-corrected chi connectivity index (χ4v) is 28.4. The smallest absolute Gasteiger partial charge is 0.347 e. The second-order valence-corrected chi connectivity index (χ2v) is 55.6. The third kappa shape index (κ3) is 25.5. The molecule has 11 saturated carbocycles. The lowest BCUT2D eigenvalue weighted by molar-refractivity contribution is -0.264. The summed E-state index contributed by atoms with van der Waals surface area (Å²) >= 11 is 0. The van der Waals surface area contributed by atoms with Gasteiger partial charge in [-0.3, -0.25) is 42.5 Å². The molecule has 27 atom stereocenters. The summed E-state index contributed by atoms with van der Waals surface area (Å²) in [5.74, 6) is -0.709. The number of cyclic esters (lactones) is 1. The van der Waals surface area contributed by atoms with E-state index in [-0.39, 0.29) is 191 Å². The Hall–Kier alpha value is -5.83. The first-order valence-electron chi connectivity index (χ1n) is 56.2. The van der Waals surface area contributed by atoms with Crippen molar-refractivity contribution in [1.82, 2.24) is 0 Å². The van der Waals surface area contributed by atoms with Gasteiger partial charge < -0.3 is 100 Å². The zero-order chi connectivity index (χ0) is 110. The van der Waals surface area contributed by atoms with Gasteiger partial charge in [0.1, 0.15) is 79.7 Å². The van der Waals surface area contributed by atoms with Crippen LogP contribution in [0, 0.1) is 101 Å². The Bertz CT molecular complexity index is 4820. The Kier molecular flexibility index (Phi) is 36.5. The molecule has 27 unspecified atom stereocenters. The highest BCUT2D eigenvalue weighted by atomic mass is 32.2. The minimum absolute atomic E-state index is 0.0226. The van der Waals surface area contributed by atoms with Crippen LogP contribution in [0.5, 0.6) is 0 Å². The molecule has 0 radical (unpaired) electrons. The van der Waals surface area contributed by atoms with Gasteiger partial charge in [-0.2, -0.15) is 8.42 Å². The van der Waals surface area contributed by atoms with E-state index in [1.165, 1.54) is 51.4 Å². The molecule has 0 aromatic carbocycles. The van der Waals surface area contributed by atoms with Crippen LogP contribution < -0.4 is 0 Å². The minimum atomic E-state index is -3.43. The Balaban J connectivity index is 0.000000148. The summed E-state index contributed by atoms with van der Waals surface area (Å²) in [6.45, 7) is 59.9. The molecule has 850 valence electrons. The van der Waals surface area contributed by atoms with E-state index in [1.807, 2.05) is 118 Å². The first-order chi connectivity index (χ1) is 69.2. The van der Waals surface area contributed by atoms with Crippen LogP contribution in [0.2, 0.25) is 0 Å². The van der Waals surface area contributed by atoms with Gasteiger partial charge in [0.25, 0.3) is 10.1 Å². The number of hydrogen-bond donors (Lipinski definition) is 2. The maximum Gasteiger partial charge on any atom is 0.347 e. The molecule has 20 rings (SSSR count). The third-order valence-electron chi connectivity index (χ3n) is 39.0. The van der Waals surface area contributed by atoms with Crippen molar-refractivity contribution in [2.45, 2.75) is 506 Å². The number of aliphatic hydroxyl groups is 2. The molecule has 20 fully saturated rings. The first kappa shape index (κ1) is 120. The number of rotatable bonds is 32. The summed E-state index contributed by atoms with van der Waals surface area (Å²) in [5.41, 5.74) is -5.20. The summed E-state index contributed by atoms with van der Waals surface area (Å²) in [5, 5.41) is 20.9. The quantitative estimate of drug-likeness (QED) is 0.0273. The van der Waals surface area contributed by atoms with Gasteiger partial charge in [-0.25, -0.2) is 9.59 Å². The molecule has 20 aliphatic rings. The van der Waals surface area contributed by atoms with Crippen LogP contribution in [0.1, 0.15) is 374 Å². The SMILES string of the molecule is CCC(C)(C)C(=O)OC1(C(C)C)CCCC1.CCC(C)(C)C(=O)OC12CC3CC(O)(CC(O)(C3)C1)C2.CCC(C)(C)C(=O)OC1C2CC3C(=O)OC1C3O2.CCC(C)(C)C(=O)OC1C2CC3C1OS(=O)(=O)C3C2.CCC(C)(C)C(=O)OC1CCOC1=O.CCC(C)(C)C(=O)OC1COC2C(OCOC3C4(C)CCC(C4)C3(C)C)COC12.CCC(C)(C)C(=O)OCC(=O)OC1COC2C(OCOC3C4(C)CCC(C4)C3(C)C)COC12. The van der Waals surface area contributed by atoms with Crippen molar-refractivity contribution < 1.29 is 161 Å². The van der Waals surface area contributed by atoms with Crippen LogP contribution in [0.15, 0.2) is 0 Å². The molecule has 0 aromatic rings. The number of hydrogen-bond acceptors (Lipinski definition) is 34. The minimum Gasteiger partial charge on any atom is -0.463 e. The summed E-state index contributed by atoms with van der Waals surface area (Å²) in [6, 6.07) is 0. The van der Waals surface area contributed by atoms with Crippen molar-refractivity contribution >= 4 is 69.8 Å². The molecule has 0 spiro atoms. The number of esters is 10. The summed E-state index contributed by atoms with van der Waals surface area (Å²) in [6.07, 6.45) is 18.4. The Morgan fingerprint density at radius 1 is 0.436 bits per heavy atom. The van der Waals surface area contributed by atoms with Crippen molar-refractivity contribution in [3.8, 4) is 0 Å². The van der Waals surface area contributed by atoms with Crippen molar-refractivity contribution in [3.63, 3.8) is 0 Å². The lowest BCUT2D eigenvalue weighted by Crippen LogP contribution is -2.67. The Morgan fingerprint density at radius 2 is 0.859 bits per heavy atom. The molecule has 9 heterocycles. The molecule has 34 nitrogen and oxygen atoms in total. The molecule has 9 aliphatic heterocycles. The maximum absolute atomic E-state index is 12.4. The molecule has 9 saturated heterocycles. The van der Waals surface area contributed by atoms with Crippen molar-refractivity contribution in [3.05, 3.63) is 0 Å². The van der Waals surface area contributed by atoms with Crippen molar-refractivity contribution in [1.29, 1.82) is 0 Å². The lowest BCUT2D eigenvalue weighted by Gasteiger charge is -2.62. The lowest BCUT2D eigenvalue weighted by atomic mass is 9.50. The number of fused-ring (bicyclic) bond motifs is 8. The van der Waals surface area contributed by atoms with E-state index in [0.29, 0.717) is 102 Å². The van der Waals surface area contributed by atoms with E-state index in [1.54, 1.807) is 27.7 Å². The van der Waals surface area contributed by atoms with Crippen LogP contribution >= 0.6 is 0 Å². The predicted octanol–water partition coefficient (Wildman–Crippen LogP) is 16.9. The van der Waals surface area contributed by atoms with Crippen LogP contribution in [0.4, 0.5) is 0 Å². The molecule has 149 heavy (non-hydrogen) atoms. The molecule has 11 aliphatic carbocycles. The van der Waals surface area contributed by atoms with Gasteiger partial charge in [-0.05, 0) is 290 Å². The van der Waals surface area contributed by atoms with E-state index in [4.69, 9.17) is 94.2 Å². The van der Waals surface area contributed by atoms with Crippen LogP contribution in [0.3, 0.4) is 0 Å². The monoisotopic (exact) mass is 2130 g/mol. The number of carbonyl (C=O) groups excluding carboxylic acids is 10. The molecule has 0 aromatic heterocycles. The van der Waals surface area contributed by atoms with Gasteiger partial charge >= 0.3 is 59.7 Å². The van der Waals surface area contributed by atoms with E-state index in [9.17, 15) is 66.6 Å². The second-order valence-electron chi connectivity index (χ2n) is 53.8. The third-order valence-corrected chi connectivity index (χ3v) is 40.8. The van der Waals surface area contributed by atoms with Gasteiger partial charge in [-0.1, -0.05) is 104 Å². The highest BCUT2D eigenvalue weighted by Gasteiger charge is 2.70. The molecular weight excluding hydrogens is 1950 g/mol. The summed E-state index contributed by atoms with van der Waals surface area (Å²) in [4.78, 5) is 120. The molecular formula is C114H184O34S. The summed E-state index contributed by atoms with van der Waals surface area (Å²) in [7, 11) is -3.43. The number of ether oxygens (including phenoxy) is 19. The Morgan fingerprint density at radius 3 is 1.30 bits per heavy atom. The van der Waals surface area contributed by atoms with Crippen molar-refractivity contribution in [2.24, 2.45) is 101 Å². The standard InChI is InChI=1S/C25H40O8.C23H38O6.C16H26O4.C14H26O2.C13H20O5S.C13H18O5.C10H16O4/c1-7-23(2,3)22(27)30-13-18(26)33-17-12-29-19-16(11-28-20(17)19)31-14-32-21-24(4,5)15-8-9-25(21,6)10-15;1-7-21(2,3)20(24)29-16-12-26-17-15(11-25-18(16)17)27-13-28-19-22(4,5)14-8-9-23(19,6)10-14;1-4-13(2,3)12(17)20-16-7-11-5-14(18,9-16)8-15(19,6-11)10-16;1-6-13(4,5)12(15)16-14(11(2)3)9-7-8-10-14;1-4-13(2,3)12(14)17-10-7-5-8-9(6-7)19(15,16)18-11(8)10;1-4-13(2,3)12(15)18-9-7-5-6-8(16-7)10(9)17-11(6)14;1-4-10(2,3)9(12)14-7-5-6-13-8(7)11/h15-17,19-21H,7-14H2,1-6H3;14-19H,7-13H2,1-6H3;11,18-19H,4-10H2,1-3H3;11H,6-10H2,1-5H3;7-11H,4-6H2,1-3H3;6-10H,4-5H2,1-3H3;7H,4-6H2,1-3H3. The zero-order valence-electron chi connectivity index (χ0n) is 95.0. The largest absolute Gasteiger partial charge is 0.463 e. The Labute approximate surface area is 885 Å². The second kappa shape index (κ2) is 45.3. The molecule has 35 heteroatoms. The molecule has 2 N–H and O–H groups in total.